The molecular weight excluding hydrogens is 336 g/mol. The molecule has 134 valence electrons. The third-order valence-corrected chi connectivity index (χ3v) is 5.08. The molecule has 25 heavy (non-hydrogen) atoms. The van der Waals surface area contributed by atoms with Gasteiger partial charge in [-0.1, -0.05) is 19.1 Å². The Balaban J connectivity index is 2.07. The second-order valence-corrected chi connectivity index (χ2v) is 6.87. The molecule has 0 aliphatic rings. The monoisotopic (exact) mass is 360 g/mol. The first-order chi connectivity index (χ1) is 12.0. The minimum absolute atomic E-state index is 0.00574. The van der Waals surface area contributed by atoms with Gasteiger partial charge in [-0.3, -0.25) is 9.59 Å². The van der Waals surface area contributed by atoms with Gasteiger partial charge < -0.3 is 15.0 Å². The summed E-state index contributed by atoms with van der Waals surface area (Å²) in [7, 11) is 1.55. The van der Waals surface area contributed by atoms with E-state index in [-0.39, 0.29) is 18.4 Å². The molecule has 2 amide bonds. The number of carbonyl (C=O) groups is 2. The van der Waals surface area contributed by atoms with Gasteiger partial charge in [-0.25, -0.2) is 0 Å². The van der Waals surface area contributed by atoms with Crippen molar-refractivity contribution in [3.05, 3.63) is 45.6 Å². The third-order valence-electron chi connectivity index (χ3n) is 4.00. The molecule has 2 aromatic rings. The molecule has 0 bridgehead atoms. The lowest BCUT2D eigenvalue weighted by molar-refractivity contribution is -0.116. The maximum Gasteiger partial charge on any atom is 0.264 e. The lowest BCUT2D eigenvalue weighted by atomic mass is 10.2. The zero-order valence-corrected chi connectivity index (χ0v) is 15.9. The van der Waals surface area contributed by atoms with Crippen molar-refractivity contribution in [1.29, 1.82) is 0 Å². The Morgan fingerprint density at radius 3 is 2.56 bits per heavy atom. The van der Waals surface area contributed by atoms with Gasteiger partial charge in [-0.2, -0.15) is 0 Å². The summed E-state index contributed by atoms with van der Waals surface area (Å²) < 4.78 is 5.23. The number of anilines is 1. The van der Waals surface area contributed by atoms with Crippen LogP contribution in [-0.2, 0) is 11.2 Å². The van der Waals surface area contributed by atoms with E-state index in [2.05, 4.69) is 12.2 Å². The number of nitrogens with one attached hydrogen (secondary N) is 1. The van der Waals surface area contributed by atoms with Crippen LogP contribution in [0, 0.1) is 6.92 Å². The number of hydrogen-bond donors (Lipinski definition) is 1. The number of ether oxygens (including phenoxy) is 1. The second kappa shape index (κ2) is 8.67. The van der Waals surface area contributed by atoms with Crippen LogP contribution in [0.3, 0.4) is 0 Å². The Morgan fingerprint density at radius 1 is 1.24 bits per heavy atom. The number of carbonyl (C=O) groups excluding carboxylic acids is 2. The number of aryl methyl sites for hydroxylation is 2. The Bertz CT molecular complexity index is 755. The zero-order valence-electron chi connectivity index (χ0n) is 15.1. The van der Waals surface area contributed by atoms with Gasteiger partial charge in [0.1, 0.15) is 12.3 Å². The Hall–Kier alpha value is -2.34. The minimum atomic E-state index is -0.247. The van der Waals surface area contributed by atoms with Crippen molar-refractivity contribution in [2.24, 2.45) is 0 Å². The number of likely N-dealkylation sites (N-methyl/N-ethyl adjacent to an activating group) is 1. The van der Waals surface area contributed by atoms with E-state index in [1.54, 1.807) is 24.1 Å². The smallest absolute Gasteiger partial charge is 0.264 e. The molecule has 1 aromatic heterocycles. The number of rotatable bonds is 7. The van der Waals surface area contributed by atoms with E-state index in [1.165, 1.54) is 16.9 Å². The van der Waals surface area contributed by atoms with Gasteiger partial charge in [0.2, 0.25) is 5.91 Å². The Morgan fingerprint density at radius 2 is 1.96 bits per heavy atom. The van der Waals surface area contributed by atoms with E-state index < -0.39 is 0 Å². The first kappa shape index (κ1) is 19.0. The zero-order chi connectivity index (χ0) is 18.4. The number of methoxy groups -OCH3 is 1. The maximum absolute atomic E-state index is 12.7. The molecule has 1 aromatic carbocycles. The molecule has 0 unspecified atom stereocenters. The molecule has 1 heterocycles. The maximum atomic E-state index is 12.7. The second-order valence-electron chi connectivity index (χ2n) is 5.61. The summed E-state index contributed by atoms with van der Waals surface area (Å²) in [6.07, 6.45) is 0.899. The highest BCUT2D eigenvalue weighted by atomic mass is 32.1. The predicted molar refractivity (Wildman–Crippen MR) is 102 cm³/mol. The van der Waals surface area contributed by atoms with Crippen LogP contribution in [0.15, 0.2) is 30.3 Å². The molecule has 0 aliphatic carbocycles. The van der Waals surface area contributed by atoms with Crippen molar-refractivity contribution in [3.8, 4) is 5.75 Å². The highest BCUT2D eigenvalue weighted by Crippen LogP contribution is 2.24. The standard InChI is InChI=1S/C19H24N2O3S/c1-5-14-11-17(25-13(14)3)19(23)21(6-2)12-18(22)20-15-9-7-8-10-16(15)24-4/h7-11H,5-6,12H2,1-4H3,(H,20,22). The van der Waals surface area contributed by atoms with Crippen LogP contribution in [0.5, 0.6) is 5.75 Å². The van der Waals surface area contributed by atoms with Crippen molar-refractivity contribution in [2.45, 2.75) is 27.2 Å². The molecule has 0 fully saturated rings. The van der Waals surface area contributed by atoms with E-state index in [0.29, 0.717) is 22.9 Å². The van der Waals surface area contributed by atoms with E-state index in [9.17, 15) is 9.59 Å². The summed E-state index contributed by atoms with van der Waals surface area (Å²) in [5.41, 5.74) is 1.78. The average molecular weight is 360 g/mol. The Labute approximate surface area is 152 Å². The summed E-state index contributed by atoms with van der Waals surface area (Å²) in [6.45, 7) is 6.43. The number of para-hydroxylation sites is 2. The van der Waals surface area contributed by atoms with Crippen LogP contribution < -0.4 is 10.1 Å². The summed E-state index contributed by atoms with van der Waals surface area (Å²) in [6, 6.07) is 9.13. The number of thiophene rings is 1. The molecule has 0 atom stereocenters. The van der Waals surface area contributed by atoms with Crippen molar-refractivity contribution >= 4 is 28.8 Å². The molecule has 0 spiro atoms. The van der Waals surface area contributed by atoms with Gasteiger partial charge in [0, 0.05) is 11.4 Å². The van der Waals surface area contributed by atoms with Gasteiger partial charge in [-0.05, 0) is 44.0 Å². The van der Waals surface area contributed by atoms with Gasteiger partial charge >= 0.3 is 0 Å². The normalized spacial score (nSPS) is 10.4. The third kappa shape index (κ3) is 4.60. The SMILES string of the molecule is CCc1cc(C(=O)N(CC)CC(=O)Nc2ccccc2OC)sc1C. The molecular formula is C19H24N2O3S. The van der Waals surface area contributed by atoms with Crippen molar-refractivity contribution in [1.82, 2.24) is 4.90 Å². The fourth-order valence-electron chi connectivity index (χ4n) is 2.57. The number of hydrogen-bond acceptors (Lipinski definition) is 4. The van der Waals surface area contributed by atoms with Crippen LogP contribution >= 0.6 is 11.3 Å². The van der Waals surface area contributed by atoms with E-state index in [1.807, 2.05) is 32.0 Å². The van der Waals surface area contributed by atoms with Crippen LogP contribution in [0.4, 0.5) is 5.69 Å². The van der Waals surface area contributed by atoms with Crippen LogP contribution in [-0.4, -0.2) is 36.9 Å². The number of benzene rings is 1. The first-order valence-electron chi connectivity index (χ1n) is 8.31. The van der Waals surface area contributed by atoms with E-state index in [0.717, 1.165) is 11.3 Å². The number of amides is 2. The summed E-state index contributed by atoms with van der Waals surface area (Å²) in [5, 5.41) is 2.81. The largest absolute Gasteiger partial charge is 0.495 e. The lowest BCUT2D eigenvalue weighted by Crippen LogP contribution is -2.37. The van der Waals surface area contributed by atoms with Crippen molar-refractivity contribution in [3.63, 3.8) is 0 Å². The average Bonchev–Trinajstić information content (AvgIpc) is 3.00. The van der Waals surface area contributed by atoms with Crippen molar-refractivity contribution < 1.29 is 14.3 Å². The molecule has 1 N–H and O–H groups in total. The lowest BCUT2D eigenvalue weighted by Gasteiger charge is -2.20. The molecule has 5 nitrogen and oxygen atoms in total. The fraction of sp³-hybridized carbons (Fsp3) is 0.368. The number of nitrogens with zero attached hydrogens (tertiary/aromatic N) is 1. The van der Waals surface area contributed by atoms with Gasteiger partial charge in [0.25, 0.3) is 5.91 Å². The fourth-order valence-corrected chi connectivity index (χ4v) is 3.65. The van der Waals surface area contributed by atoms with E-state index in [4.69, 9.17) is 4.74 Å². The van der Waals surface area contributed by atoms with Gasteiger partial charge in [0.15, 0.2) is 0 Å². The molecule has 6 heteroatoms. The molecule has 0 aliphatic heterocycles. The quantitative estimate of drug-likeness (QED) is 0.818. The molecule has 2 rings (SSSR count). The molecule has 0 saturated heterocycles. The topological polar surface area (TPSA) is 58.6 Å². The van der Waals surface area contributed by atoms with Gasteiger partial charge in [0.05, 0.1) is 17.7 Å². The van der Waals surface area contributed by atoms with Gasteiger partial charge in [-0.15, -0.1) is 11.3 Å². The Kier molecular flexibility index (Phi) is 6.58. The summed E-state index contributed by atoms with van der Waals surface area (Å²) >= 11 is 1.48. The summed E-state index contributed by atoms with van der Waals surface area (Å²) in [5.74, 6) is 0.237. The predicted octanol–water partition coefficient (Wildman–Crippen LogP) is 3.73. The van der Waals surface area contributed by atoms with Crippen molar-refractivity contribution in [2.75, 3.05) is 25.5 Å². The minimum Gasteiger partial charge on any atom is -0.495 e. The highest BCUT2D eigenvalue weighted by molar-refractivity contribution is 7.14. The highest BCUT2D eigenvalue weighted by Gasteiger charge is 2.20. The molecule has 0 saturated carbocycles. The van der Waals surface area contributed by atoms with Crippen LogP contribution in [0.25, 0.3) is 0 Å². The van der Waals surface area contributed by atoms with Crippen LogP contribution in [0.1, 0.15) is 34.0 Å². The van der Waals surface area contributed by atoms with E-state index >= 15 is 0 Å². The molecule has 0 radical (unpaired) electrons. The van der Waals surface area contributed by atoms with Crippen LogP contribution in [0.2, 0.25) is 0 Å². The first-order valence-corrected chi connectivity index (χ1v) is 9.13. The summed E-state index contributed by atoms with van der Waals surface area (Å²) in [4.78, 5) is 28.4.